The average molecular weight is 263 g/mol. The highest BCUT2D eigenvalue weighted by molar-refractivity contribution is 5.27. The standard InChI is InChI=1S/C14H18FN3O/c15-13-9-12(3-4-14(13)19)10-16-5-1-2-7-18-8-6-17-11-18/h3-4,6,8-9,11,16,19H,1-2,5,7,10H2. The lowest BCUT2D eigenvalue weighted by Crippen LogP contribution is -2.15. The fourth-order valence-corrected chi connectivity index (χ4v) is 1.86. The van der Waals surface area contributed by atoms with Gasteiger partial charge in [0.2, 0.25) is 0 Å². The summed E-state index contributed by atoms with van der Waals surface area (Å²) in [5.74, 6) is -0.872. The Labute approximate surface area is 111 Å². The minimum atomic E-state index is -0.570. The molecule has 0 aliphatic rings. The summed E-state index contributed by atoms with van der Waals surface area (Å²) < 4.78 is 15.1. The van der Waals surface area contributed by atoms with E-state index in [9.17, 15) is 4.39 Å². The molecule has 1 aromatic heterocycles. The second kappa shape index (κ2) is 6.89. The Kier molecular flexibility index (Phi) is 4.92. The van der Waals surface area contributed by atoms with E-state index in [-0.39, 0.29) is 5.75 Å². The summed E-state index contributed by atoms with van der Waals surface area (Å²) >= 11 is 0. The first-order chi connectivity index (χ1) is 9.25. The molecule has 0 fully saturated rings. The molecule has 2 aromatic rings. The van der Waals surface area contributed by atoms with Crippen molar-refractivity contribution in [1.82, 2.24) is 14.9 Å². The van der Waals surface area contributed by atoms with Gasteiger partial charge in [0.05, 0.1) is 6.33 Å². The zero-order valence-electron chi connectivity index (χ0n) is 10.7. The predicted octanol–water partition coefficient (Wildman–Crippen LogP) is 2.30. The number of aromatic hydroxyl groups is 1. The van der Waals surface area contributed by atoms with Gasteiger partial charge in [0.15, 0.2) is 11.6 Å². The zero-order valence-corrected chi connectivity index (χ0v) is 10.7. The Morgan fingerprint density at radius 3 is 2.95 bits per heavy atom. The van der Waals surface area contributed by atoms with Gasteiger partial charge in [0.1, 0.15) is 0 Å². The van der Waals surface area contributed by atoms with Crippen LogP contribution in [0.25, 0.3) is 0 Å². The van der Waals surface area contributed by atoms with Crippen LogP contribution in [0.15, 0.2) is 36.9 Å². The van der Waals surface area contributed by atoms with E-state index in [4.69, 9.17) is 5.11 Å². The molecule has 1 aromatic carbocycles. The van der Waals surface area contributed by atoms with Crippen LogP contribution in [0, 0.1) is 5.82 Å². The van der Waals surface area contributed by atoms with Gasteiger partial charge in [0, 0.05) is 25.5 Å². The summed E-state index contributed by atoms with van der Waals surface area (Å²) in [4.78, 5) is 3.98. The van der Waals surface area contributed by atoms with Gasteiger partial charge in [0.25, 0.3) is 0 Å². The van der Waals surface area contributed by atoms with Gasteiger partial charge < -0.3 is 15.0 Å². The number of aromatic nitrogens is 2. The first kappa shape index (κ1) is 13.5. The van der Waals surface area contributed by atoms with Crippen LogP contribution < -0.4 is 5.32 Å². The van der Waals surface area contributed by atoms with E-state index < -0.39 is 5.82 Å². The second-order valence-corrected chi connectivity index (χ2v) is 4.47. The van der Waals surface area contributed by atoms with Gasteiger partial charge in [-0.05, 0) is 37.1 Å². The van der Waals surface area contributed by atoms with Gasteiger partial charge in [-0.15, -0.1) is 0 Å². The number of unbranched alkanes of at least 4 members (excludes halogenated alkanes) is 1. The predicted molar refractivity (Wildman–Crippen MR) is 71.2 cm³/mol. The lowest BCUT2D eigenvalue weighted by atomic mass is 10.2. The summed E-state index contributed by atoms with van der Waals surface area (Å²) in [5, 5.41) is 12.3. The van der Waals surface area contributed by atoms with Crippen molar-refractivity contribution in [2.45, 2.75) is 25.9 Å². The molecule has 0 unspecified atom stereocenters. The third-order valence-corrected chi connectivity index (χ3v) is 2.92. The fourth-order valence-electron chi connectivity index (χ4n) is 1.86. The number of aryl methyl sites for hydroxylation is 1. The quantitative estimate of drug-likeness (QED) is 0.754. The average Bonchev–Trinajstić information content (AvgIpc) is 2.91. The van der Waals surface area contributed by atoms with Crippen LogP contribution in [0.3, 0.4) is 0 Å². The number of nitrogens with zero attached hydrogens (tertiary/aromatic N) is 2. The molecule has 5 heteroatoms. The zero-order chi connectivity index (χ0) is 13.5. The number of hydrogen-bond acceptors (Lipinski definition) is 3. The highest BCUT2D eigenvalue weighted by atomic mass is 19.1. The Morgan fingerprint density at radius 2 is 2.21 bits per heavy atom. The molecule has 4 nitrogen and oxygen atoms in total. The molecule has 0 aliphatic carbocycles. The maximum atomic E-state index is 13.1. The number of halogens is 1. The molecule has 2 N–H and O–H groups in total. The number of hydrogen-bond donors (Lipinski definition) is 2. The summed E-state index contributed by atoms with van der Waals surface area (Å²) in [6, 6.07) is 4.45. The molecular weight excluding hydrogens is 245 g/mol. The Morgan fingerprint density at radius 1 is 1.32 bits per heavy atom. The molecule has 0 bridgehead atoms. The molecule has 0 amide bonds. The van der Waals surface area contributed by atoms with Gasteiger partial charge in [-0.2, -0.15) is 0 Å². The normalized spacial score (nSPS) is 10.8. The molecule has 0 radical (unpaired) electrons. The summed E-state index contributed by atoms with van der Waals surface area (Å²) in [6.45, 7) is 2.47. The van der Waals surface area contributed by atoms with E-state index in [1.165, 1.54) is 12.1 Å². The van der Waals surface area contributed by atoms with Crippen molar-refractivity contribution in [2.75, 3.05) is 6.54 Å². The van der Waals surface area contributed by atoms with Gasteiger partial charge >= 0.3 is 0 Å². The fraction of sp³-hybridized carbons (Fsp3) is 0.357. The van der Waals surface area contributed by atoms with Gasteiger partial charge in [-0.3, -0.25) is 0 Å². The van der Waals surface area contributed by atoms with E-state index in [0.29, 0.717) is 6.54 Å². The lowest BCUT2D eigenvalue weighted by Gasteiger charge is -2.06. The van der Waals surface area contributed by atoms with Crippen LogP contribution in [0.2, 0.25) is 0 Å². The highest BCUT2D eigenvalue weighted by Gasteiger charge is 2.00. The number of nitrogens with one attached hydrogen (secondary N) is 1. The number of phenolic OH excluding ortho intramolecular Hbond substituents is 1. The molecule has 1 heterocycles. The molecule has 0 spiro atoms. The van der Waals surface area contributed by atoms with E-state index in [1.54, 1.807) is 12.3 Å². The molecular formula is C14H18FN3O. The van der Waals surface area contributed by atoms with E-state index in [0.717, 1.165) is 31.5 Å². The highest BCUT2D eigenvalue weighted by Crippen LogP contribution is 2.15. The topological polar surface area (TPSA) is 50.1 Å². The van der Waals surface area contributed by atoms with Crippen molar-refractivity contribution in [3.05, 3.63) is 48.3 Å². The monoisotopic (exact) mass is 263 g/mol. The van der Waals surface area contributed by atoms with Gasteiger partial charge in [-0.1, -0.05) is 6.07 Å². The number of imidazole rings is 1. The largest absolute Gasteiger partial charge is 0.505 e. The second-order valence-electron chi connectivity index (χ2n) is 4.47. The van der Waals surface area contributed by atoms with E-state index in [1.807, 2.05) is 12.5 Å². The Balaban J connectivity index is 1.60. The van der Waals surface area contributed by atoms with Crippen molar-refractivity contribution >= 4 is 0 Å². The minimum absolute atomic E-state index is 0.302. The Hall–Kier alpha value is -1.88. The van der Waals surface area contributed by atoms with Crippen LogP contribution in [0.5, 0.6) is 5.75 Å². The molecule has 102 valence electrons. The number of benzene rings is 1. The third kappa shape index (κ3) is 4.37. The van der Waals surface area contributed by atoms with Crippen molar-refractivity contribution < 1.29 is 9.50 Å². The van der Waals surface area contributed by atoms with E-state index >= 15 is 0 Å². The smallest absolute Gasteiger partial charge is 0.165 e. The van der Waals surface area contributed by atoms with Crippen molar-refractivity contribution in [1.29, 1.82) is 0 Å². The van der Waals surface area contributed by atoms with Crippen LogP contribution >= 0.6 is 0 Å². The number of phenols is 1. The number of rotatable bonds is 7. The van der Waals surface area contributed by atoms with Crippen LogP contribution in [-0.2, 0) is 13.1 Å². The molecule has 0 saturated carbocycles. The van der Waals surface area contributed by atoms with Gasteiger partial charge in [-0.25, -0.2) is 9.37 Å². The Bertz CT molecular complexity index is 499. The SMILES string of the molecule is Oc1ccc(CNCCCCn2ccnc2)cc1F. The summed E-state index contributed by atoms with van der Waals surface area (Å²) in [5.41, 5.74) is 0.838. The first-order valence-electron chi connectivity index (χ1n) is 6.39. The van der Waals surface area contributed by atoms with Crippen molar-refractivity contribution in [3.8, 4) is 5.75 Å². The molecule has 0 aliphatic heterocycles. The first-order valence-corrected chi connectivity index (χ1v) is 6.39. The minimum Gasteiger partial charge on any atom is -0.505 e. The van der Waals surface area contributed by atoms with Crippen LogP contribution in [-0.4, -0.2) is 21.2 Å². The lowest BCUT2D eigenvalue weighted by molar-refractivity contribution is 0.431. The maximum Gasteiger partial charge on any atom is 0.165 e. The van der Waals surface area contributed by atoms with Crippen molar-refractivity contribution in [3.63, 3.8) is 0 Å². The molecule has 19 heavy (non-hydrogen) atoms. The summed E-state index contributed by atoms with van der Waals surface area (Å²) in [7, 11) is 0. The molecule has 0 atom stereocenters. The van der Waals surface area contributed by atoms with Crippen molar-refractivity contribution in [2.24, 2.45) is 0 Å². The van der Waals surface area contributed by atoms with Crippen LogP contribution in [0.1, 0.15) is 18.4 Å². The third-order valence-electron chi connectivity index (χ3n) is 2.92. The summed E-state index contributed by atoms with van der Waals surface area (Å²) in [6.07, 6.45) is 7.67. The molecule has 0 saturated heterocycles. The molecule has 2 rings (SSSR count). The maximum absolute atomic E-state index is 13.1. The van der Waals surface area contributed by atoms with Crippen LogP contribution in [0.4, 0.5) is 4.39 Å². The van der Waals surface area contributed by atoms with E-state index in [2.05, 4.69) is 14.9 Å².